The molecule has 0 radical (unpaired) electrons. The van der Waals surface area contributed by atoms with Crippen LogP contribution in [0.5, 0.6) is 0 Å². The number of hydrogen-bond donors (Lipinski definition) is 1. The lowest BCUT2D eigenvalue weighted by Gasteiger charge is -2.16. The average Bonchev–Trinajstić information content (AvgIpc) is 3.00. The molecule has 1 atom stereocenters. The highest BCUT2D eigenvalue weighted by Gasteiger charge is 2.28. The first kappa shape index (κ1) is 19.2. The smallest absolute Gasteiger partial charge is 0.349 e. The van der Waals surface area contributed by atoms with Crippen molar-refractivity contribution in [2.75, 3.05) is 13.1 Å². The molecule has 1 fully saturated rings. The molecular weight excluding hydrogens is 340 g/mol. The van der Waals surface area contributed by atoms with Crippen LogP contribution in [0.25, 0.3) is 0 Å². The molecule has 1 aromatic carbocycles. The fraction of sp³-hybridized carbons (Fsp3) is 0.368. The van der Waals surface area contributed by atoms with Gasteiger partial charge in [0, 0.05) is 25.6 Å². The normalized spacial score (nSPS) is 16.6. The zero-order valence-corrected chi connectivity index (χ0v) is 15.1. The van der Waals surface area contributed by atoms with E-state index in [0.717, 1.165) is 12.8 Å². The predicted octanol–water partition coefficient (Wildman–Crippen LogP) is 2.33. The van der Waals surface area contributed by atoms with Gasteiger partial charge >= 0.3 is 5.63 Å². The Hall–Kier alpha value is -2.11. The van der Waals surface area contributed by atoms with Gasteiger partial charge in [0.1, 0.15) is 11.3 Å². The summed E-state index contributed by atoms with van der Waals surface area (Å²) in [6.07, 6.45) is 2.19. The van der Waals surface area contributed by atoms with Crippen molar-refractivity contribution in [2.24, 2.45) is 5.73 Å². The second-order valence-corrected chi connectivity index (χ2v) is 6.34. The molecule has 0 spiro atoms. The molecule has 0 saturated carbocycles. The van der Waals surface area contributed by atoms with Crippen LogP contribution in [0.4, 0.5) is 0 Å². The van der Waals surface area contributed by atoms with E-state index < -0.39 is 5.63 Å². The van der Waals surface area contributed by atoms with Gasteiger partial charge in [-0.1, -0.05) is 30.3 Å². The van der Waals surface area contributed by atoms with Crippen LogP contribution in [0.15, 0.2) is 45.6 Å². The van der Waals surface area contributed by atoms with Gasteiger partial charge in [-0.25, -0.2) is 4.79 Å². The maximum Gasteiger partial charge on any atom is 0.349 e. The second kappa shape index (κ2) is 8.32. The van der Waals surface area contributed by atoms with Gasteiger partial charge in [-0.15, -0.1) is 12.4 Å². The van der Waals surface area contributed by atoms with Crippen LogP contribution in [0.3, 0.4) is 0 Å². The maximum absolute atomic E-state index is 12.5. The van der Waals surface area contributed by atoms with Crippen LogP contribution in [0.1, 0.15) is 33.7 Å². The largest absolute Gasteiger partial charge is 0.427 e. The van der Waals surface area contributed by atoms with Crippen LogP contribution in [0.2, 0.25) is 0 Å². The number of benzene rings is 1. The molecule has 1 aliphatic rings. The van der Waals surface area contributed by atoms with Crippen molar-refractivity contribution in [2.45, 2.75) is 32.2 Å². The Labute approximate surface area is 153 Å². The molecule has 1 unspecified atom stereocenters. The van der Waals surface area contributed by atoms with Gasteiger partial charge in [0.05, 0.1) is 0 Å². The van der Waals surface area contributed by atoms with E-state index in [9.17, 15) is 9.59 Å². The first-order valence-corrected chi connectivity index (χ1v) is 8.27. The average molecular weight is 363 g/mol. The van der Waals surface area contributed by atoms with Crippen molar-refractivity contribution in [3.05, 3.63) is 69.3 Å². The van der Waals surface area contributed by atoms with Crippen molar-refractivity contribution < 1.29 is 9.21 Å². The molecule has 1 aliphatic heterocycles. The highest BCUT2D eigenvalue weighted by Crippen LogP contribution is 2.15. The number of hydrogen-bond acceptors (Lipinski definition) is 4. The summed E-state index contributed by atoms with van der Waals surface area (Å²) < 4.78 is 5.38. The number of halogens is 1. The first-order chi connectivity index (χ1) is 11.5. The van der Waals surface area contributed by atoms with Gasteiger partial charge in [0.2, 0.25) is 0 Å². The molecule has 3 rings (SSSR count). The molecule has 1 amide bonds. The number of rotatable bonds is 4. The van der Waals surface area contributed by atoms with Gasteiger partial charge in [-0.2, -0.15) is 0 Å². The lowest BCUT2D eigenvalue weighted by Crippen LogP contribution is -2.35. The molecule has 25 heavy (non-hydrogen) atoms. The number of carbonyl (C=O) groups is 1. The van der Waals surface area contributed by atoms with Gasteiger partial charge in [0.15, 0.2) is 0 Å². The standard InChI is InChI=1S/C19H22N2O3.ClH/c1-13-11-16(8-7-14-5-3-2-4-6-14)24-19(23)17(13)18(22)21-10-9-15(20)12-21;/h2-6,11,15H,7-10,12,20H2,1H3;1H. The Morgan fingerprint density at radius 1 is 1.28 bits per heavy atom. The van der Waals surface area contributed by atoms with Gasteiger partial charge in [0.25, 0.3) is 5.91 Å². The quantitative estimate of drug-likeness (QED) is 0.905. The summed E-state index contributed by atoms with van der Waals surface area (Å²) in [6.45, 7) is 2.87. The highest BCUT2D eigenvalue weighted by atomic mass is 35.5. The van der Waals surface area contributed by atoms with E-state index in [2.05, 4.69) is 0 Å². The Balaban J connectivity index is 0.00000225. The van der Waals surface area contributed by atoms with E-state index in [-0.39, 0.29) is 29.9 Å². The van der Waals surface area contributed by atoms with E-state index in [1.807, 2.05) is 30.3 Å². The van der Waals surface area contributed by atoms with Crippen molar-refractivity contribution in [1.82, 2.24) is 4.90 Å². The summed E-state index contributed by atoms with van der Waals surface area (Å²) in [6, 6.07) is 11.8. The Morgan fingerprint density at radius 2 is 2.00 bits per heavy atom. The van der Waals surface area contributed by atoms with Crippen LogP contribution in [-0.2, 0) is 12.8 Å². The van der Waals surface area contributed by atoms with E-state index >= 15 is 0 Å². The monoisotopic (exact) mass is 362 g/mol. The van der Waals surface area contributed by atoms with Crippen LogP contribution in [0, 0.1) is 6.92 Å². The van der Waals surface area contributed by atoms with Crippen molar-refractivity contribution >= 4 is 18.3 Å². The van der Waals surface area contributed by atoms with Crippen LogP contribution >= 0.6 is 12.4 Å². The third-order valence-corrected chi connectivity index (χ3v) is 4.43. The summed E-state index contributed by atoms with van der Waals surface area (Å²) >= 11 is 0. The molecule has 6 heteroatoms. The van der Waals surface area contributed by atoms with Crippen LogP contribution in [-0.4, -0.2) is 29.9 Å². The topological polar surface area (TPSA) is 76.5 Å². The molecule has 134 valence electrons. The summed E-state index contributed by atoms with van der Waals surface area (Å²) in [4.78, 5) is 26.5. The molecule has 2 heterocycles. The third-order valence-electron chi connectivity index (χ3n) is 4.43. The Bertz CT molecular complexity index is 789. The first-order valence-electron chi connectivity index (χ1n) is 8.27. The molecule has 1 aromatic heterocycles. The zero-order chi connectivity index (χ0) is 17.1. The third kappa shape index (κ3) is 4.50. The summed E-state index contributed by atoms with van der Waals surface area (Å²) in [7, 11) is 0. The summed E-state index contributed by atoms with van der Waals surface area (Å²) in [5, 5.41) is 0. The van der Waals surface area contributed by atoms with Crippen molar-refractivity contribution in [1.29, 1.82) is 0 Å². The number of likely N-dealkylation sites (tertiary alicyclic amines) is 1. The fourth-order valence-corrected chi connectivity index (χ4v) is 3.10. The van der Waals surface area contributed by atoms with E-state index in [0.29, 0.717) is 30.8 Å². The number of nitrogens with two attached hydrogens (primary N) is 1. The lowest BCUT2D eigenvalue weighted by atomic mass is 10.1. The zero-order valence-electron chi connectivity index (χ0n) is 14.2. The molecule has 5 nitrogen and oxygen atoms in total. The lowest BCUT2D eigenvalue weighted by molar-refractivity contribution is 0.0785. The van der Waals surface area contributed by atoms with E-state index in [4.69, 9.17) is 10.2 Å². The van der Waals surface area contributed by atoms with E-state index in [1.54, 1.807) is 17.9 Å². The second-order valence-electron chi connectivity index (χ2n) is 6.34. The van der Waals surface area contributed by atoms with Crippen molar-refractivity contribution in [3.8, 4) is 0 Å². The minimum Gasteiger partial charge on any atom is -0.427 e. The van der Waals surface area contributed by atoms with Gasteiger partial charge < -0.3 is 15.1 Å². The predicted molar refractivity (Wildman–Crippen MR) is 99.3 cm³/mol. The number of aryl methyl sites for hydroxylation is 3. The maximum atomic E-state index is 12.5. The fourth-order valence-electron chi connectivity index (χ4n) is 3.10. The molecule has 0 bridgehead atoms. The van der Waals surface area contributed by atoms with Crippen molar-refractivity contribution in [3.63, 3.8) is 0 Å². The summed E-state index contributed by atoms with van der Waals surface area (Å²) in [5.41, 5.74) is 7.27. The molecular formula is C19H23ClN2O3. The number of carbonyl (C=O) groups excluding carboxylic acids is 1. The molecule has 2 aromatic rings. The minimum atomic E-state index is -0.552. The minimum absolute atomic E-state index is 0. The van der Waals surface area contributed by atoms with E-state index in [1.165, 1.54) is 5.56 Å². The van der Waals surface area contributed by atoms with Gasteiger partial charge in [-0.05, 0) is 37.0 Å². The Kier molecular flexibility index (Phi) is 6.39. The Morgan fingerprint density at radius 3 is 2.60 bits per heavy atom. The number of amides is 1. The highest BCUT2D eigenvalue weighted by molar-refractivity contribution is 5.95. The molecule has 0 aliphatic carbocycles. The SMILES string of the molecule is Cc1cc(CCc2ccccc2)oc(=O)c1C(=O)N1CCC(N)C1.Cl. The van der Waals surface area contributed by atoms with Crippen LogP contribution < -0.4 is 11.4 Å². The van der Waals surface area contributed by atoms with Gasteiger partial charge in [-0.3, -0.25) is 4.79 Å². The number of nitrogens with zero attached hydrogens (tertiary/aromatic N) is 1. The molecule has 1 saturated heterocycles. The summed E-state index contributed by atoms with van der Waals surface area (Å²) in [5.74, 6) is 0.333. The molecule has 2 N–H and O–H groups in total.